The molecule has 0 saturated heterocycles. The summed E-state index contributed by atoms with van der Waals surface area (Å²) in [4.78, 5) is 0.741. The van der Waals surface area contributed by atoms with Crippen molar-refractivity contribution in [1.82, 2.24) is 10.2 Å². The summed E-state index contributed by atoms with van der Waals surface area (Å²) in [5.41, 5.74) is 0. The molecular formula is C6H6Cl2N2OS. The van der Waals surface area contributed by atoms with Crippen LogP contribution in [0.25, 0.3) is 0 Å². The molecule has 0 aliphatic heterocycles. The predicted octanol–water partition coefficient (Wildman–Crippen LogP) is 1.87. The predicted molar refractivity (Wildman–Crippen MR) is 49.9 cm³/mol. The third-order valence-corrected chi connectivity index (χ3v) is 2.62. The summed E-state index contributed by atoms with van der Waals surface area (Å²) >= 11 is 12.7. The summed E-state index contributed by atoms with van der Waals surface area (Å²) in [5.74, 6) is 0.571. The van der Waals surface area contributed by atoms with Gasteiger partial charge in [-0.25, -0.2) is 0 Å². The Bertz CT molecular complexity index is 272. The fourth-order valence-electron chi connectivity index (χ4n) is 0.594. The molecule has 0 amide bonds. The van der Waals surface area contributed by atoms with Crippen molar-refractivity contribution in [3.05, 3.63) is 16.4 Å². The summed E-state index contributed by atoms with van der Waals surface area (Å²) in [5, 5.41) is 16.3. The van der Waals surface area contributed by atoms with E-state index in [1.165, 1.54) is 11.8 Å². The molecule has 0 radical (unpaired) electrons. The number of hydrogen-bond donors (Lipinski definition) is 1. The van der Waals surface area contributed by atoms with Crippen LogP contribution in [0.15, 0.2) is 11.0 Å². The molecule has 3 nitrogen and oxygen atoms in total. The molecule has 1 N–H and O–H groups in total. The smallest absolute Gasteiger partial charge is 0.165 e. The van der Waals surface area contributed by atoms with Crippen molar-refractivity contribution in [1.29, 1.82) is 0 Å². The maximum atomic E-state index is 8.55. The number of halogens is 2. The van der Waals surface area contributed by atoms with Crippen molar-refractivity contribution >= 4 is 35.0 Å². The Balaban J connectivity index is 2.75. The molecular weight excluding hydrogens is 219 g/mol. The lowest BCUT2D eigenvalue weighted by Crippen LogP contribution is -1.89. The van der Waals surface area contributed by atoms with E-state index in [1.54, 1.807) is 6.07 Å². The minimum Gasteiger partial charge on any atom is -0.396 e. The minimum absolute atomic E-state index is 0.0982. The van der Waals surface area contributed by atoms with Crippen molar-refractivity contribution in [2.75, 3.05) is 12.4 Å². The minimum atomic E-state index is 0.0982. The lowest BCUT2D eigenvalue weighted by atomic mass is 10.6. The normalized spacial score (nSPS) is 10.2. The van der Waals surface area contributed by atoms with Gasteiger partial charge in [-0.1, -0.05) is 23.2 Å². The molecule has 1 aromatic heterocycles. The van der Waals surface area contributed by atoms with Crippen LogP contribution in [0.2, 0.25) is 10.3 Å². The number of nitrogens with zero attached hydrogens (tertiary/aromatic N) is 2. The molecule has 1 rings (SSSR count). The summed E-state index contributed by atoms with van der Waals surface area (Å²) in [6, 6.07) is 1.62. The molecule has 66 valence electrons. The highest BCUT2D eigenvalue weighted by Gasteiger charge is 2.03. The van der Waals surface area contributed by atoms with E-state index < -0.39 is 0 Å². The third kappa shape index (κ3) is 2.79. The Kier molecular flexibility index (Phi) is 4.08. The highest BCUT2D eigenvalue weighted by molar-refractivity contribution is 7.99. The van der Waals surface area contributed by atoms with Crippen LogP contribution >= 0.6 is 35.0 Å². The molecule has 1 heterocycles. The van der Waals surface area contributed by atoms with Gasteiger partial charge >= 0.3 is 0 Å². The zero-order valence-corrected chi connectivity index (χ0v) is 8.33. The van der Waals surface area contributed by atoms with Gasteiger partial charge in [0.25, 0.3) is 0 Å². The second-order valence-electron chi connectivity index (χ2n) is 1.89. The SMILES string of the molecule is OCCSc1cc(Cl)nnc1Cl. The zero-order chi connectivity index (χ0) is 8.97. The maximum Gasteiger partial charge on any atom is 0.165 e. The molecule has 6 heteroatoms. The van der Waals surface area contributed by atoms with Gasteiger partial charge < -0.3 is 5.11 Å². The molecule has 12 heavy (non-hydrogen) atoms. The van der Waals surface area contributed by atoms with Gasteiger partial charge in [0.05, 0.1) is 6.61 Å². The average molecular weight is 225 g/mol. The highest BCUT2D eigenvalue weighted by atomic mass is 35.5. The average Bonchev–Trinajstić information content (AvgIpc) is 2.07. The molecule has 0 unspecified atom stereocenters. The first-order valence-corrected chi connectivity index (χ1v) is 4.90. The summed E-state index contributed by atoms with van der Waals surface area (Å²) in [6.07, 6.45) is 0. The quantitative estimate of drug-likeness (QED) is 0.797. The van der Waals surface area contributed by atoms with Crippen LogP contribution in [-0.4, -0.2) is 27.7 Å². The lowest BCUT2D eigenvalue weighted by Gasteiger charge is -2.00. The Morgan fingerprint density at radius 3 is 2.83 bits per heavy atom. The van der Waals surface area contributed by atoms with Gasteiger partial charge in [0.15, 0.2) is 10.3 Å². The Morgan fingerprint density at radius 1 is 1.42 bits per heavy atom. The molecule has 0 atom stereocenters. The van der Waals surface area contributed by atoms with E-state index in [0.29, 0.717) is 16.1 Å². The molecule has 0 fully saturated rings. The van der Waals surface area contributed by atoms with Gasteiger partial charge in [0, 0.05) is 10.6 Å². The zero-order valence-electron chi connectivity index (χ0n) is 6.00. The number of thioether (sulfide) groups is 1. The fourth-order valence-corrected chi connectivity index (χ4v) is 1.73. The van der Waals surface area contributed by atoms with E-state index in [4.69, 9.17) is 28.3 Å². The van der Waals surface area contributed by atoms with Gasteiger partial charge in [-0.3, -0.25) is 0 Å². The van der Waals surface area contributed by atoms with Crippen LogP contribution in [0, 0.1) is 0 Å². The number of hydrogen-bond acceptors (Lipinski definition) is 4. The molecule has 1 aromatic rings. The van der Waals surface area contributed by atoms with Gasteiger partial charge in [0.2, 0.25) is 0 Å². The summed E-state index contributed by atoms with van der Waals surface area (Å²) in [6.45, 7) is 0.0982. The van der Waals surface area contributed by atoms with Gasteiger partial charge in [-0.05, 0) is 6.07 Å². The van der Waals surface area contributed by atoms with Crippen LogP contribution in [-0.2, 0) is 0 Å². The van der Waals surface area contributed by atoms with Crippen molar-refractivity contribution in [3.63, 3.8) is 0 Å². The van der Waals surface area contributed by atoms with Gasteiger partial charge in [-0.15, -0.1) is 22.0 Å². The molecule has 0 aliphatic carbocycles. The Morgan fingerprint density at radius 2 is 2.17 bits per heavy atom. The highest BCUT2D eigenvalue weighted by Crippen LogP contribution is 2.25. The van der Waals surface area contributed by atoms with E-state index in [1.807, 2.05) is 0 Å². The van der Waals surface area contributed by atoms with E-state index in [-0.39, 0.29) is 6.61 Å². The van der Waals surface area contributed by atoms with E-state index in [9.17, 15) is 0 Å². The van der Waals surface area contributed by atoms with Crippen molar-refractivity contribution < 1.29 is 5.11 Å². The van der Waals surface area contributed by atoms with Crippen LogP contribution in [0.4, 0.5) is 0 Å². The Labute approximate surface area is 84.1 Å². The van der Waals surface area contributed by atoms with E-state index in [0.717, 1.165) is 4.90 Å². The number of rotatable bonds is 3. The molecule has 0 aromatic carbocycles. The second-order valence-corrected chi connectivity index (χ2v) is 3.78. The number of aromatic nitrogens is 2. The number of aliphatic hydroxyl groups is 1. The Hall–Kier alpha value is -0.0300. The van der Waals surface area contributed by atoms with Crippen molar-refractivity contribution in [3.8, 4) is 0 Å². The summed E-state index contributed by atoms with van der Waals surface area (Å²) < 4.78 is 0. The summed E-state index contributed by atoms with van der Waals surface area (Å²) in [7, 11) is 0. The second kappa shape index (κ2) is 4.87. The third-order valence-electron chi connectivity index (χ3n) is 1.04. The first-order valence-electron chi connectivity index (χ1n) is 3.16. The van der Waals surface area contributed by atoms with E-state index in [2.05, 4.69) is 10.2 Å². The maximum absolute atomic E-state index is 8.55. The van der Waals surface area contributed by atoms with Crippen molar-refractivity contribution in [2.45, 2.75) is 4.90 Å². The van der Waals surface area contributed by atoms with Gasteiger partial charge in [0.1, 0.15) is 0 Å². The first-order chi connectivity index (χ1) is 5.74. The van der Waals surface area contributed by atoms with Gasteiger partial charge in [-0.2, -0.15) is 0 Å². The van der Waals surface area contributed by atoms with Crippen molar-refractivity contribution in [2.24, 2.45) is 0 Å². The monoisotopic (exact) mass is 224 g/mol. The fraction of sp³-hybridized carbons (Fsp3) is 0.333. The van der Waals surface area contributed by atoms with Crippen LogP contribution in [0.1, 0.15) is 0 Å². The largest absolute Gasteiger partial charge is 0.396 e. The number of aliphatic hydroxyl groups excluding tert-OH is 1. The molecule has 0 aliphatic rings. The van der Waals surface area contributed by atoms with Crippen LogP contribution in [0.3, 0.4) is 0 Å². The molecule has 0 bridgehead atoms. The van der Waals surface area contributed by atoms with Crippen LogP contribution in [0.5, 0.6) is 0 Å². The molecule has 0 spiro atoms. The lowest BCUT2D eigenvalue weighted by molar-refractivity contribution is 0.322. The first kappa shape index (κ1) is 10.1. The van der Waals surface area contributed by atoms with E-state index >= 15 is 0 Å². The topological polar surface area (TPSA) is 46.0 Å². The van der Waals surface area contributed by atoms with Crippen LogP contribution < -0.4 is 0 Å². The standard InChI is InChI=1S/C6H6Cl2N2OS/c7-5-3-4(12-2-1-11)6(8)10-9-5/h3,11H,1-2H2. The molecule has 0 saturated carbocycles.